The summed E-state index contributed by atoms with van der Waals surface area (Å²) in [5.74, 6) is 0.255. The summed E-state index contributed by atoms with van der Waals surface area (Å²) in [5.41, 5.74) is 1.29. The first-order chi connectivity index (χ1) is 7.68. The van der Waals surface area contributed by atoms with Crippen LogP contribution in [0.2, 0.25) is 0 Å². The molecule has 2 nitrogen and oxygen atoms in total. The summed E-state index contributed by atoms with van der Waals surface area (Å²) in [5, 5.41) is 0. The zero-order chi connectivity index (χ0) is 12.4. The SMILES string of the molecule is CC.CC(=O)CCN(C)Cc1ccccc1. The predicted octanol–water partition coefficient (Wildman–Crippen LogP) is 3.12. The zero-order valence-electron chi connectivity index (χ0n) is 10.9. The van der Waals surface area contributed by atoms with Crippen molar-refractivity contribution in [2.24, 2.45) is 0 Å². The number of ketones is 1. The molecule has 16 heavy (non-hydrogen) atoms. The average Bonchev–Trinajstić information content (AvgIpc) is 2.30. The molecule has 1 aromatic rings. The third-order valence-electron chi connectivity index (χ3n) is 2.14. The van der Waals surface area contributed by atoms with E-state index in [4.69, 9.17) is 0 Å². The van der Waals surface area contributed by atoms with Crippen LogP contribution < -0.4 is 0 Å². The molecule has 0 aliphatic rings. The summed E-state index contributed by atoms with van der Waals surface area (Å²) in [7, 11) is 2.04. The van der Waals surface area contributed by atoms with Gasteiger partial charge in [0.2, 0.25) is 0 Å². The molecule has 0 saturated heterocycles. The second-order valence-electron chi connectivity index (χ2n) is 3.68. The van der Waals surface area contributed by atoms with Crippen molar-refractivity contribution in [1.82, 2.24) is 4.90 Å². The van der Waals surface area contributed by atoms with Gasteiger partial charge in [-0.2, -0.15) is 0 Å². The summed E-state index contributed by atoms with van der Waals surface area (Å²) in [6.45, 7) is 7.38. The van der Waals surface area contributed by atoms with Crippen LogP contribution >= 0.6 is 0 Å². The van der Waals surface area contributed by atoms with Crippen LogP contribution in [0.25, 0.3) is 0 Å². The van der Waals surface area contributed by atoms with Crippen LogP contribution in [0.15, 0.2) is 30.3 Å². The first-order valence-corrected chi connectivity index (χ1v) is 5.90. The minimum Gasteiger partial charge on any atom is -0.302 e. The minimum atomic E-state index is 0.255. The van der Waals surface area contributed by atoms with Crippen molar-refractivity contribution in [2.45, 2.75) is 33.7 Å². The Balaban J connectivity index is 0.00000106. The first kappa shape index (κ1) is 14.8. The molecule has 1 aromatic carbocycles. The zero-order valence-corrected chi connectivity index (χ0v) is 10.9. The molecule has 90 valence electrons. The van der Waals surface area contributed by atoms with E-state index in [9.17, 15) is 4.79 Å². The maximum absolute atomic E-state index is 10.8. The number of benzene rings is 1. The maximum atomic E-state index is 10.8. The summed E-state index contributed by atoms with van der Waals surface area (Å²) >= 11 is 0. The fourth-order valence-electron chi connectivity index (χ4n) is 1.32. The second-order valence-corrected chi connectivity index (χ2v) is 3.68. The first-order valence-electron chi connectivity index (χ1n) is 5.90. The van der Waals surface area contributed by atoms with Gasteiger partial charge in [0.1, 0.15) is 5.78 Å². The standard InChI is InChI=1S/C12H17NO.C2H6/c1-11(14)8-9-13(2)10-12-6-4-3-5-7-12;1-2/h3-7H,8-10H2,1-2H3;1-2H3. The topological polar surface area (TPSA) is 20.3 Å². The lowest BCUT2D eigenvalue weighted by Gasteiger charge is -2.15. The Morgan fingerprint density at radius 1 is 1.19 bits per heavy atom. The number of hydrogen-bond donors (Lipinski definition) is 0. The number of nitrogens with zero attached hydrogens (tertiary/aromatic N) is 1. The Labute approximate surface area is 99.3 Å². The molecule has 0 aliphatic heterocycles. The highest BCUT2D eigenvalue weighted by atomic mass is 16.1. The number of Topliss-reactive ketones (excluding diaryl/α,β-unsaturated/α-hetero) is 1. The molecule has 2 heteroatoms. The van der Waals surface area contributed by atoms with Gasteiger partial charge >= 0.3 is 0 Å². The summed E-state index contributed by atoms with van der Waals surface area (Å²) < 4.78 is 0. The van der Waals surface area contributed by atoms with E-state index in [2.05, 4.69) is 17.0 Å². The van der Waals surface area contributed by atoms with Crippen LogP contribution in [0.1, 0.15) is 32.8 Å². The van der Waals surface area contributed by atoms with Gasteiger partial charge in [0.15, 0.2) is 0 Å². The van der Waals surface area contributed by atoms with Crippen LogP contribution in [0.5, 0.6) is 0 Å². The second kappa shape index (κ2) is 9.10. The van der Waals surface area contributed by atoms with Crippen molar-refractivity contribution in [2.75, 3.05) is 13.6 Å². The fourth-order valence-corrected chi connectivity index (χ4v) is 1.32. The highest BCUT2D eigenvalue weighted by Gasteiger charge is 2.00. The smallest absolute Gasteiger partial charge is 0.131 e. The highest BCUT2D eigenvalue weighted by molar-refractivity contribution is 5.75. The molecule has 0 radical (unpaired) electrons. The molecule has 0 N–H and O–H groups in total. The summed E-state index contributed by atoms with van der Waals surface area (Å²) in [4.78, 5) is 12.9. The van der Waals surface area contributed by atoms with Gasteiger partial charge in [-0.05, 0) is 19.5 Å². The van der Waals surface area contributed by atoms with Crippen LogP contribution in [0.4, 0.5) is 0 Å². The van der Waals surface area contributed by atoms with Crippen molar-refractivity contribution in [3.63, 3.8) is 0 Å². The van der Waals surface area contributed by atoms with Crippen LogP contribution in [-0.4, -0.2) is 24.3 Å². The van der Waals surface area contributed by atoms with E-state index in [0.717, 1.165) is 13.1 Å². The predicted molar refractivity (Wildman–Crippen MR) is 69.4 cm³/mol. The number of carbonyl (C=O) groups is 1. The molecule has 0 atom stereocenters. The van der Waals surface area contributed by atoms with Gasteiger partial charge in [-0.25, -0.2) is 0 Å². The van der Waals surface area contributed by atoms with Crippen molar-refractivity contribution in [3.05, 3.63) is 35.9 Å². The third kappa shape index (κ3) is 7.18. The van der Waals surface area contributed by atoms with Gasteiger partial charge in [0.25, 0.3) is 0 Å². The maximum Gasteiger partial charge on any atom is 0.131 e. The molecule has 0 unspecified atom stereocenters. The summed E-state index contributed by atoms with van der Waals surface area (Å²) in [6, 6.07) is 10.3. The molecule has 0 spiro atoms. The van der Waals surface area contributed by atoms with Crippen LogP contribution in [0.3, 0.4) is 0 Å². The van der Waals surface area contributed by atoms with Crippen molar-refractivity contribution in [1.29, 1.82) is 0 Å². The van der Waals surface area contributed by atoms with Crippen molar-refractivity contribution < 1.29 is 4.79 Å². The van der Waals surface area contributed by atoms with Gasteiger partial charge < -0.3 is 4.90 Å². The van der Waals surface area contributed by atoms with Crippen LogP contribution in [0, 0.1) is 0 Å². The van der Waals surface area contributed by atoms with Crippen LogP contribution in [-0.2, 0) is 11.3 Å². The van der Waals surface area contributed by atoms with Crippen molar-refractivity contribution >= 4 is 5.78 Å². The van der Waals surface area contributed by atoms with E-state index < -0.39 is 0 Å². The molecular formula is C14H23NO. The van der Waals surface area contributed by atoms with E-state index in [1.165, 1.54) is 5.56 Å². The largest absolute Gasteiger partial charge is 0.302 e. The number of carbonyl (C=O) groups excluding carboxylic acids is 1. The molecule has 0 aliphatic carbocycles. The van der Waals surface area contributed by atoms with Gasteiger partial charge in [0, 0.05) is 19.5 Å². The lowest BCUT2D eigenvalue weighted by molar-refractivity contribution is -0.117. The third-order valence-corrected chi connectivity index (χ3v) is 2.14. The van der Waals surface area contributed by atoms with E-state index in [0.29, 0.717) is 6.42 Å². The molecule has 0 amide bonds. The quantitative estimate of drug-likeness (QED) is 0.761. The van der Waals surface area contributed by atoms with E-state index in [1.54, 1.807) is 6.92 Å². The normalized spacial score (nSPS) is 9.56. The van der Waals surface area contributed by atoms with Gasteiger partial charge in [0.05, 0.1) is 0 Å². The molecule has 0 heterocycles. The molecular weight excluding hydrogens is 198 g/mol. The molecule has 0 saturated carbocycles. The Hall–Kier alpha value is -1.15. The number of hydrogen-bond acceptors (Lipinski definition) is 2. The molecule has 1 rings (SSSR count). The fraction of sp³-hybridized carbons (Fsp3) is 0.500. The van der Waals surface area contributed by atoms with Crippen molar-refractivity contribution in [3.8, 4) is 0 Å². The number of rotatable bonds is 5. The molecule has 0 fully saturated rings. The summed E-state index contributed by atoms with van der Waals surface area (Å²) in [6.07, 6.45) is 0.642. The Kier molecular flexibility index (Phi) is 8.45. The van der Waals surface area contributed by atoms with E-state index in [1.807, 2.05) is 39.1 Å². The Morgan fingerprint density at radius 2 is 1.75 bits per heavy atom. The Bertz CT molecular complexity index is 282. The lowest BCUT2D eigenvalue weighted by Crippen LogP contribution is -2.20. The average molecular weight is 221 g/mol. The van der Waals surface area contributed by atoms with Gasteiger partial charge in [-0.3, -0.25) is 4.79 Å². The molecule has 0 aromatic heterocycles. The minimum absolute atomic E-state index is 0.255. The van der Waals surface area contributed by atoms with E-state index in [-0.39, 0.29) is 5.78 Å². The lowest BCUT2D eigenvalue weighted by atomic mass is 10.2. The highest BCUT2D eigenvalue weighted by Crippen LogP contribution is 2.02. The van der Waals surface area contributed by atoms with Gasteiger partial charge in [-0.1, -0.05) is 44.2 Å². The van der Waals surface area contributed by atoms with Gasteiger partial charge in [-0.15, -0.1) is 0 Å². The Morgan fingerprint density at radius 3 is 2.25 bits per heavy atom. The molecule has 0 bridgehead atoms. The monoisotopic (exact) mass is 221 g/mol. The van der Waals surface area contributed by atoms with E-state index >= 15 is 0 Å².